The predicted molar refractivity (Wildman–Crippen MR) is 112 cm³/mol. The SMILES string of the molecule is COc1ccc2cc([C@@H](C)C(=O)N(C)CC(=O)Nc3cccc(F)c3)ccc2c1. The van der Waals surface area contributed by atoms with Gasteiger partial charge >= 0.3 is 0 Å². The van der Waals surface area contributed by atoms with E-state index in [1.807, 2.05) is 43.3 Å². The highest BCUT2D eigenvalue weighted by Crippen LogP contribution is 2.26. The summed E-state index contributed by atoms with van der Waals surface area (Å²) in [5.41, 5.74) is 1.22. The largest absolute Gasteiger partial charge is 0.497 e. The highest BCUT2D eigenvalue weighted by Gasteiger charge is 2.21. The van der Waals surface area contributed by atoms with Crippen LogP contribution in [0.4, 0.5) is 10.1 Å². The zero-order valence-corrected chi connectivity index (χ0v) is 16.6. The van der Waals surface area contributed by atoms with Gasteiger partial charge in [-0.05, 0) is 53.6 Å². The van der Waals surface area contributed by atoms with Crippen LogP contribution in [-0.2, 0) is 9.59 Å². The summed E-state index contributed by atoms with van der Waals surface area (Å²) in [6.45, 7) is 1.69. The number of ether oxygens (including phenoxy) is 1. The van der Waals surface area contributed by atoms with Crippen molar-refractivity contribution in [1.82, 2.24) is 4.90 Å². The second kappa shape index (κ2) is 8.73. The number of fused-ring (bicyclic) bond motifs is 1. The molecule has 0 saturated heterocycles. The molecule has 1 N–H and O–H groups in total. The standard InChI is InChI=1S/C23H23FN2O3/c1-15(16-7-8-18-12-21(29-3)10-9-17(18)11-16)23(28)26(2)14-22(27)25-20-6-4-5-19(24)13-20/h4-13,15H,14H2,1-3H3,(H,25,27)/t15-/m1/s1. The van der Waals surface area contributed by atoms with Gasteiger partial charge in [-0.2, -0.15) is 0 Å². The summed E-state index contributed by atoms with van der Waals surface area (Å²) in [6.07, 6.45) is 0. The first-order valence-corrected chi connectivity index (χ1v) is 9.25. The van der Waals surface area contributed by atoms with Crippen molar-refractivity contribution in [3.8, 4) is 5.75 Å². The fourth-order valence-electron chi connectivity index (χ4n) is 3.17. The highest BCUT2D eigenvalue weighted by atomic mass is 19.1. The number of methoxy groups -OCH3 is 1. The lowest BCUT2D eigenvalue weighted by molar-refractivity contribution is -0.134. The zero-order chi connectivity index (χ0) is 21.0. The second-order valence-electron chi connectivity index (χ2n) is 6.95. The number of nitrogens with zero attached hydrogens (tertiary/aromatic N) is 1. The molecule has 0 aliphatic heterocycles. The highest BCUT2D eigenvalue weighted by molar-refractivity contribution is 5.95. The number of likely N-dealkylation sites (N-methyl/N-ethyl adjacent to an activating group) is 1. The average Bonchev–Trinajstić information content (AvgIpc) is 2.71. The molecule has 3 aromatic rings. The van der Waals surface area contributed by atoms with Crippen LogP contribution < -0.4 is 10.1 Å². The monoisotopic (exact) mass is 394 g/mol. The molecule has 0 radical (unpaired) electrons. The predicted octanol–water partition coefficient (Wildman–Crippen LogP) is 4.19. The molecular formula is C23H23FN2O3. The number of carbonyl (C=O) groups excluding carboxylic acids is 2. The van der Waals surface area contributed by atoms with Crippen LogP contribution in [0.2, 0.25) is 0 Å². The van der Waals surface area contributed by atoms with Crippen molar-refractivity contribution in [3.05, 3.63) is 72.0 Å². The van der Waals surface area contributed by atoms with Crippen molar-refractivity contribution in [1.29, 1.82) is 0 Å². The Morgan fingerprint density at radius 1 is 1.07 bits per heavy atom. The van der Waals surface area contributed by atoms with E-state index >= 15 is 0 Å². The molecule has 0 unspecified atom stereocenters. The number of hydrogen-bond acceptors (Lipinski definition) is 3. The molecule has 29 heavy (non-hydrogen) atoms. The maximum absolute atomic E-state index is 13.2. The van der Waals surface area contributed by atoms with Crippen molar-refractivity contribution in [2.75, 3.05) is 26.0 Å². The smallest absolute Gasteiger partial charge is 0.243 e. The Morgan fingerprint density at radius 2 is 1.79 bits per heavy atom. The summed E-state index contributed by atoms with van der Waals surface area (Å²) in [5, 5.41) is 4.63. The summed E-state index contributed by atoms with van der Waals surface area (Å²) < 4.78 is 18.5. The molecule has 0 spiro atoms. The molecule has 3 rings (SSSR count). The number of amides is 2. The fraction of sp³-hybridized carbons (Fsp3) is 0.217. The number of anilines is 1. The van der Waals surface area contributed by atoms with Crippen molar-refractivity contribution >= 4 is 28.3 Å². The summed E-state index contributed by atoms with van der Waals surface area (Å²) in [4.78, 5) is 26.4. The lowest BCUT2D eigenvalue weighted by Gasteiger charge is -2.21. The zero-order valence-electron chi connectivity index (χ0n) is 16.6. The Morgan fingerprint density at radius 3 is 2.52 bits per heavy atom. The maximum atomic E-state index is 13.2. The number of rotatable bonds is 6. The van der Waals surface area contributed by atoms with Gasteiger partial charge in [0, 0.05) is 12.7 Å². The summed E-state index contributed by atoms with van der Waals surface area (Å²) in [6, 6.07) is 17.2. The van der Waals surface area contributed by atoms with E-state index in [1.165, 1.54) is 23.1 Å². The minimum Gasteiger partial charge on any atom is -0.497 e. The van der Waals surface area contributed by atoms with Crippen LogP contribution in [0.25, 0.3) is 10.8 Å². The second-order valence-corrected chi connectivity index (χ2v) is 6.95. The molecule has 0 aliphatic rings. The third-order valence-electron chi connectivity index (χ3n) is 4.81. The molecule has 0 aliphatic carbocycles. The van der Waals surface area contributed by atoms with E-state index in [9.17, 15) is 14.0 Å². The Hall–Kier alpha value is -3.41. The molecule has 6 heteroatoms. The minimum atomic E-state index is -0.435. The summed E-state index contributed by atoms with van der Waals surface area (Å²) in [7, 11) is 3.20. The minimum absolute atomic E-state index is 0.121. The van der Waals surface area contributed by atoms with E-state index < -0.39 is 11.7 Å². The molecule has 0 bridgehead atoms. The first-order valence-electron chi connectivity index (χ1n) is 9.25. The first kappa shape index (κ1) is 20.3. The van der Waals surface area contributed by atoms with E-state index in [-0.39, 0.29) is 18.4 Å². The lowest BCUT2D eigenvalue weighted by atomic mass is 9.96. The molecule has 1 atom stereocenters. The van der Waals surface area contributed by atoms with Gasteiger partial charge in [0.15, 0.2) is 0 Å². The van der Waals surface area contributed by atoms with E-state index in [2.05, 4.69) is 5.32 Å². The molecular weight excluding hydrogens is 371 g/mol. The van der Waals surface area contributed by atoms with Crippen LogP contribution in [0.1, 0.15) is 18.4 Å². The normalized spacial score (nSPS) is 11.7. The van der Waals surface area contributed by atoms with Crippen LogP contribution in [-0.4, -0.2) is 37.4 Å². The van der Waals surface area contributed by atoms with Crippen molar-refractivity contribution in [2.24, 2.45) is 0 Å². The molecule has 5 nitrogen and oxygen atoms in total. The fourth-order valence-corrected chi connectivity index (χ4v) is 3.17. The van der Waals surface area contributed by atoms with E-state index in [1.54, 1.807) is 20.2 Å². The molecule has 0 aromatic heterocycles. The van der Waals surface area contributed by atoms with Crippen LogP contribution in [0.3, 0.4) is 0 Å². The van der Waals surface area contributed by atoms with Crippen LogP contribution in [0.15, 0.2) is 60.7 Å². The van der Waals surface area contributed by atoms with Gasteiger partial charge in [-0.1, -0.05) is 30.3 Å². The quantitative estimate of drug-likeness (QED) is 0.682. The van der Waals surface area contributed by atoms with Gasteiger partial charge in [-0.25, -0.2) is 4.39 Å². The van der Waals surface area contributed by atoms with Crippen molar-refractivity contribution < 1.29 is 18.7 Å². The Bertz CT molecular complexity index is 1050. The maximum Gasteiger partial charge on any atom is 0.243 e. The topological polar surface area (TPSA) is 58.6 Å². The third kappa shape index (κ3) is 4.90. The molecule has 150 valence electrons. The van der Waals surface area contributed by atoms with Crippen molar-refractivity contribution in [2.45, 2.75) is 12.8 Å². The molecule has 0 fully saturated rings. The molecule has 0 heterocycles. The summed E-state index contributed by atoms with van der Waals surface area (Å²) in [5.74, 6) is -0.627. The van der Waals surface area contributed by atoms with E-state index in [0.29, 0.717) is 5.69 Å². The van der Waals surface area contributed by atoms with Gasteiger partial charge < -0.3 is 15.0 Å². The van der Waals surface area contributed by atoms with E-state index in [0.717, 1.165) is 22.1 Å². The Labute approximate surface area is 169 Å². The number of benzene rings is 3. The average molecular weight is 394 g/mol. The Kier molecular flexibility index (Phi) is 6.12. The van der Waals surface area contributed by atoms with Crippen LogP contribution >= 0.6 is 0 Å². The molecule has 0 saturated carbocycles. The van der Waals surface area contributed by atoms with E-state index in [4.69, 9.17) is 4.74 Å². The van der Waals surface area contributed by atoms with Gasteiger partial charge in [0.2, 0.25) is 11.8 Å². The van der Waals surface area contributed by atoms with Gasteiger partial charge in [0.1, 0.15) is 11.6 Å². The lowest BCUT2D eigenvalue weighted by Crippen LogP contribution is -2.37. The number of halogens is 1. The Balaban J connectivity index is 1.67. The van der Waals surface area contributed by atoms with Gasteiger partial charge in [0.05, 0.1) is 19.6 Å². The summed E-state index contributed by atoms with van der Waals surface area (Å²) >= 11 is 0. The van der Waals surface area contributed by atoms with Gasteiger partial charge in [0.25, 0.3) is 0 Å². The number of carbonyl (C=O) groups is 2. The van der Waals surface area contributed by atoms with Gasteiger partial charge in [-0.3, -0.25) is 9.59 Å². The molecule has 3 aromatic carbocycles. The number of hydrogen-bond donors (Lipinski definition) is 1. The first-order chi connectivity index (χ1) is 13.9. The van der Waals surface area contributed by atoms with Gasteiger partial charge in [-0.15, -0.1) is 0 Å². The van der Waals surface area contributed by atoms with Crippen LogP contribution in [0.5, 0.6) is 5.75 Å². The molecule has 2 amide bonds. The number of nitrogens with one attached hydrogen (secondary N) is 1. The van der Waals surface area contributed by atoms with Crippen molar-refractivity contribution in [3.63, 3.8) is 0 Å². The third-order valence-corrected chi connectivity index (χ3v) is 4.81. The van der Waals surface area contributed by atoms with Crippen LogP contribution in [0, 0.1) is 5.82 Å².